The quantitative estimate of drug-likeness (QED) is 0.444. The molecule has 0 atom stereocenters. The number of hydrogen-bond acceptors (Lipinski definition) is 7. The number of esters is 3. The number of carbonyl (C=O) groups is 3. The van der Waals surface area contributed by atoms with Crippen molar-refractivity contribution in [3.63, 3.8) is 0 Å². The fraction of sp³-hybridized carbons (Fsp3) is 0.750. The normalized spacial score (nSPS) is 10.1. The molecule has 0 aliphatic rings. The molecular weight excluding hydrogens is 256 g/mol. The van der Waals surface area contributed by atoms with Crippen molar-refractivity contribution in [2.45, 2.75) is 20.8 Å². The molecule has 0 aliphatic heterocycles. The number of methoxy groups -OCH3 is 3. The van der Waals surface area contributed by atoms with Gasteiger partial charge in [-0.15, -0.1) is 0 Å². The van der Waals surface area contributed by atoms with Crippen molar-refractivity contribution in [3.05, 3.63) is 0 Å². The molecule has 0 amide bonds. The molecule has 7 nitrogen and oxygen atoms in total. The summed E-state index contributed by atoms with van der Waals surface area (Å²) in [5.74, 6) is -2.36. The van der Waals surface area contributed by atoms with Crippen LogP contribution < -0.4 is 0 Å². The second-order valence-electron chi connectivity index (χ2n) is 4.30. The van der Waals surface area contributed by atoms with Crippen LogP contribution in [0.25, 0.3) is 0 Å². The summed E-state index contributed by atoms with van der Waals surface area (Å²) < 4.78 is 13.0. The van der Waals surface area contributed by atoms with Crippen LogP contribution >= 0.6 is 0 Å². The Balaban J connectivity index is 0. The summed E-state index contributed by atoms with van der Waals surface area (Å²) in [5, 5.41) is 8.59. The van der Waals surface area contributed by atoms with Crippen LogP contribution in [-0.4, -0.2) is 51.0 Å². The molecular formula is C12H22O7. The van der Waals surface area contributed by atoms with E-state index in [1.807, 2.05) is 0 Å². The third-order valence-electron chi connectivity index (χ3n) is 2.24. The van der Waals surface area contributed by atoms with E-state index in [1.165, 1.54) is 28.3 Å². The average molecular weight is 278 g/mol. The summed E-state index contributed by atoms with van der Waals surface area (Å²) in [6, 6.07) is 0. The van der Waals surface area contributed by atoms with E-state index in [1.54, 1.807) is 13.8 Å². The SMILES string of the molecule is COC(=O)C(C)(C)CO.COC(=O)C(C)C(=O)OC. The minimum atomic E-state index is -0.824. The minimum absolute atomic E-state index is 0.181. The molecule has 0 heterocycles. The lowest BCUT2D eigenvalue weighted by atomic mass is 9.95. The molecule has 0 saturated carbocycles. The van der Waals surface area contributed by atoms with Crippen LogP contribution in [0.15, 0.2) is 0 Å². The summed E-state index contributed by atoms with van der Waals surface area (Å²) >= 11 is 0. The van der Waals surface area contributed by atoms with Gasteiger partial charge in [-0.05, 0) is 20.8 Å². The maximum Gasteiger partial charge on any atom is 0.319 e. The van der Waals surface area contributed by atoms with Crippen LogP contribution in [0.2, 0.25) is 0 Å². The average Bonchev–Trinajstić information content (AvgIpc) is 2.44. The molecule has 0 aromatic carbocycles. The first-order valence-electron chi connectivity index (χ1n) is 5.52. The maximum absolute atomic E-state index is 10.7. The van der Waals surface area contributed by atoms with Gasteiger partial charge in [0.15, 0.2) is 5.92 Å². The van der Waals surface area contributed by atoms with Crippen LogP contribution in [-0.2, 0) is 28.6 Å². The maximum atomic E-state index is 10.7. The number of carbonyl (C=O) groups excluding carboxylic acids is 3. The van der Waals surface area contributed by atoms with Crippen LogP contribution in [0.1, 0.15) is 20.8 Å². The van der Waals surface area contributed by atoms with Gasteiger partial charge < -0.3 is 19.3 Å². The second kappa shape index (κ2) is 9.32. The molecule has 0 bridgehead atoms. The Morgan fingerprint density at radius 3 is 1.53 bits per heavy atom. The van der Waals surface area contributed by atoms with Crippen molar-refractivity contribution < 1.29 is 33.7 Å². The number of aliphatic hydroxyl groups excluding tert-OH is 1. The van der Waals surface area contributed by atoms with Crippen molar-refractivity contribution >= 4 is 17.9 Å². The van der Waals surface area contributed by atoms with Crippen molar-refractivity contribution in [3.8, 4) is 0 Å². The molecule has 0 saturated heterocycles. The molecule has 0 aliphatic carbocycles. The molecule has 0 radical (unpaired) electrons. The molecule has 19 heavy (non-hydrogen) atoms. The van der Waals surface area contributed by atoms with Gasteiger partial charge in [0.1, 0.15) is 0 Å². The zero-order chi connectivity index (χ0) is 15.6. The monoisotopic (exact) mass is 278 g/mol. The summed E-state index contributed by atoms with van der Waals surface area (Å²) in [7, 11) is 3.75. The predicted molar refractivity (Wildman–Crippen MR) is 66.1 cm³/mol. The van der Waals surface area contributed by atoms with Crippen LogP contribution in [0.3, 0.4) is 0 Å². The summed E-state index contributed by atoms with van der Waals surface area (Å²) in [6.07, 6.45) is 0. The highest BCUT2D eigenvalue weighted by Gasteiger charge is 2.27. The zero-order valence-electron chi connectivity index (χ0n) is 12.2. The van der Waals surface area contributed by atoms with Crippen LogP contribution in [0.5, 0.6) is 0 Å². The topological polar surface area (TPSA) is 99.1 Å². The lowest BCUT2D eigenvalue weighted by Gasteiger charge is -2.16. The summed E-state index contributed by atoms with van der Waals surface area (Å²) in [4.78, 5) is 31.9. The van der Waals surface area contributed by atoms with E-state index in [0.29, 0.717) is 0 Å². The van der Waals surface area contributed by atoms with Gasteiger partial charge >= 0.3 is 17.9 Å². The first kappa shape index (κ1) is 19.7. The van der Waals surface area contributed by atoms with Gasteiger partial charge in [0, 0.05) is 0 Å². The highest BCUT2D eigenvalue weighted by molar-refractivity contribution is 5.94. The van der Waals surface area contributed by atoms with Gasteiger partial charge in [0.05, 0.1) is 33.4 Å². The van der Waals surface area contributed by atoms with E-state index in [9.17, 15) is 14.4 Å². The largest absolute Gasteiger partial charge is 0.469 e. The number of hydrogen-bond donors (Lipinski definition) is 1. The predicted octanol–water partition coefficient (Wildman–Crippen LogP) is 0.146. The molecule has 0 rings (SSSR count). The molecule has 0 aromatic rings. The number of aliphatic hydroxyl groups is 1. The molecule has 7 heteroatoms. The van der Waals surface area contributed by atoms with E-state index in [-0.39, 0.29) is 12.6 Å². The minimum Gasteiger partial charge on any atom is -0.469 e. The van der Waals surface area contributed by atoms with E-state index in [0.717, 1.165) is 0 Å². The van der Waals surface area contributed by atoms with E-state index < -0.39 is 23.3 Å². The highest BCUT2D eigenvalue weighted by atomic mass is 16.5. The number of rotatable bonds is 4. The second-order valence-corrected chi connectivity index (χ2v) is 4.30. The Morgan fingerprint density at radius 2 is 1.37 bits per heavy atom. The first-order valence-corrected chi connectivity index (χ1v) is 5.52. The summed E-state index contributed by atoms with van der Waals surface area (Å²) in [5.41, 5.74) is -0.755. The Morgan fingerprint density at radius 1 is 1.00 bits per heavy atom. The molecule has 0 fully saturated rings. The van der Waals surface area contributed by atoms with Gasteiger partial charge in [0.25, 0.3) is 0 Å². The van der Waals surface area contributed by atoms with Gasteiger partial charge in [0.2, 0.25) is 0 Å². The smallest absolute Gasteiger partial charge is 0.319 e. The van der Waals surface area contributed by atoms with Gasteiger partial charge in [-0.1, -0.05) is 0 Å². The number of ether oxygens (including phenoxy) is 3. The van der Waals surface area contributed by atoms with Crippen molar-refractivity contribution in [2.24, 2.45) is 11.3 Å². The summed E-state index contributed by atoms with van der Waals surface area (Å²) in [6.45, 7) is 4.50. The Bertz CT molecular complexity index is 293. The van der Waals surface area contributed by atoms with Crippen LogP contribution in [0.4, 0.5) is 0 Å². The van der Waals surface area contributed by atoms with E-state index in [2.05, 4.69) is 14.2 Å². The Kier molecular flexibility index (Phi) is 9.67. The van der Waals surface area contributed by atoms with Crippen molar-refractivity contribution in [1.29, 1.82) is 0 Å². The molecule has 112 valence electrons. The fourth-order valence-electron chi connectivity index (χ4n) is 0.791. The lowest BCUT2D eigenvalue weighted by molar-refractivity contribution is -0.158. The van der Waals surface area contributed by atoms with Gasteiger partial charge in [-0.25, -0.2) is 0 Å². The van der Waals surface area contributed by atoms with Crippen molar-refractivity contribution in [1.82, 2.24) is 0 Å². The van der Waals surface area contributed by atoms with Crippen molar-refractivity contribution in [2.75, 3.05) is 27.9 Å². The zero-order valence-corrected chi connectivity index (χ0v) is 12.2. The molecule has 1 N–H and O–H groups in total. The van der Waals surface area contributed by atoms with E-state index in [4.69, 9.17) is 5.11 Å². The molecule has 0 aromatic heterocycles. The fourth-order valence-corrected chi connectivity index (χ4v) is 0.791. The van der Waals surface area contributed by atoms with Crippen LogP contribution in [0, 0.1) is 11.3 Å². The molecule has 0 spiro atoms. The third-order valence-corrected chi connectivity index (χ3v) is 2.24. The van der Waals surface area contributed by atoms with Gasteiger partial charge in [-0.3, -0.25) is 14.4 Å². The third kappa shape index (κ3) is 7.40. The Hall–Kier alpha value is -1.63. The van der Waals surface area contributed by atoms with Gasteiger partial charge in [-0.2, -0.15) is 0 Å². The first-order chi connectivity index (χ1) is 8.67. The lowest BCUT2D eigenvalue weighted by Crippen LogP contribution is -2.29. The van der Waals surface area contributed by atoms with E-state index >= 15 is 0 Å². The standard InChI is InChI=1S/C6H10O4.C6H12O3/c1-4(5(7)9-2)6(8)10-3;1-6(2,4-7)5(8)9-3/h4H,1-3H3;7H,4H2,1-3H3. The Labute approximate surface area is 112 Å². The molecule has 0 unspecified atom stereocenters. The highest BCUT2D eigenvalue weighted by Crippen LogP contribution is 2.14.